The molecule has 0 heterocycles. The van der Waals surface area contributed by atoms with Gasteiger partial charge in [0.15, 0.2) is 0 Å². The lowest BCUT2D eigenvalue weighted by Gasteiger charge is -2.22. The van der Waals surface area contributed by atoms with Crippen LogP contribution in [0.15, 0.2) is 48.5 Å². The SMILES string of the molecule is CCCCCCC(C)c1ccc(-c2ccccc2)cc1C(C)CCCCCC. The van der Waals surface area contributed by atoms with Crippen molar-refractivity contribution < 1.29 is 0 Å². The van der Waals surface area contributed by atoms with E-state index < -0.39 is 0 Å². The van der Waals surface area contributed by atoms with Gasteiger partial charge in [-0.3, -0.25) is 0 Å². The van der Waals surface area contributed by atoms with Crippen molar-refractivity contribution in [1.82, 2.24) is 0 Å². The van der Waals surface area contributed by atoms with Crippen LogP contribution >= 0.6 is 0 Å². The van der Waals surface area contributed by atoms with Gasteiger partial charge in [0.05, 0.1) is 0 Å². The highest BCUT2D eigenvalue weighted by Crippen LogP contribution is 2.35. The Bertz CT molecular complexity index is 655. The summed E-state index contributed by atoms with van der Waals surface area (Å²) in [5.41, 5.74) is 5.90. The highest BCUT2D eigenvalue weighted by molar-refractivity contribution is 5.65. The van der Waals surface area contributed by atoms with Gasteiger partial charge in [0.1, 0.15) is 0 Å². The van der Waals surface area contributed by atoms with Crippen LogP contribution in [0.3, 0.4) is 0 Å². The number of hydrogen-bond donors (Lipinski definition) is 0. The lowest BCUT2D eigenvalue weighted by atomic mass is 9.83. The minimum atomic E-state index is 0.647. The summed E-state index contributed by atoms with van der Waals surface area (Å²) in [7, 11) is 0. The molecular weight excluding hydrogens is 336 g/mol. The molecule has 2 atom stereocenters. The molecule has 154 valence electrons. The largest absolute Gasteiger partial charge is 0.0654 e. The zero-order valence-electron chi connectivity index (χ0n) is 18.8. The molecular formula is C28H42. The molecule has 2 aromatic rings. The van der Waals surface area contributed by atoms with E-state index >= 15 is 0 Å². The minimum Gasteiger partial charge on any atom is -0.0654 e. The summed E-state index contributed by atoms with van der Waals surface area (Å²) in [6.07, 6.45) is 13.5. The van der Waals surface area contributed by atoms with E-state index in [2.05, 4.69) is 76.2 Å². The van der Waals surface area contributed by atoms with Crippen LogP contribution in [0.25, 0.3) is 11.1 Å². The van der Waals surface area contributed by atoms with E-state index in [9.17, 15) is 0 Å². The van der Waals surface area contributed by atoms with Crippen molar-refractivity contribution >= 4 is 0 Å². The average Bonchev–Trinajstić information content (AvgIpc) is 2.74. The maximum atomic E-state index is 2.50. The molecule has 0 N–H and O–H groups in total. The summed E-state index contributed by atoms with van der Waals surface area (Å²) in [5, 5.41) is 0. The Kier molecular flexibility index (Phi) is 10.4. The van der Waals surface area contributed by atoms with Crippen molar-refractivity contribution in [2.75, 3.05) is 0 Å². The van der Waals surface area contributed by atoms with Gasteiger partial charge < -0.3 is 0 Å². The summed E-state index contributed by atoms with van der Waals surface area (Å²) in [6.45, 7) is 9.48. The predicted octanol–water partition coefficient (Wildman–Crippen LogP) is 9.50. The molecule has 0 amide bonds. The molecule has 0 aliphatic carbocycles. The molecule has 0 nitrogen and oxygen atoms in total. The van der Waals surface area contributed by atoms with E-state index in [1.54, 1.807) is 11.1 Å². The zero-order chi connectivity index (χ0) is 20.2. The smallest absolute Gasteiger partial charge is 0.0181 e. The molecule has 2 unspecified atom stereocenters. The van der Waals surface area contributed by atoms with Crippen molar-refractivity contribution in [2.24, 2.45) is 0 Å². The van der Waals surface area contributed by atoms with E-state index in [1.165, 1.54) is 75.3 Å². The first-order chi connectivity index (χ1) is 13.7. The Hall–Kier alpha value is -1.56. The Morgan fingerprint density at radius 3 is 1.71 bits per heavy atom. The van der Waals surface area contributed by atoms with Gasteiger partial charge >= 0.3 is 0 Å². The average molecular weight is 379 g/mol. The molecule has 0 saturated heterocycles. The molecule has 0 aromatic heterocycles. The number of unbranched alkanes of at least 4 members (excludes halogenated alkanes) is 6. The summed E-state index contributed by atoms with van der Waals surface area (Å²) in [5.74, 6) is 1.31. The second-order valence-corrected chi connectivity index (χ2v) is 8.71. The standard InChI is InChI=1S/C28H42/c1-5-7-9-12-16-23(3)27-21-20-26(25-18-14-11-15-19-25)22-28(27)24(4)17-13-10-8-6-2/h11,14-15,18-24H,5-10,12-13,16-17H2,1-4H3. The molecule has 2 rings (SSSR count). The quantitative estimate of drug-likeness (QED) is 0.304. The van der Waals surface area contributed by atoms with Crippen molar-refractivity contribution in [1.29, 1.82) is 0 Å². The Morgan fingerprint density at radius 2 is 1.14 bits per heavy atom. The third-order valence-electron chi connectivity index (χ3n) is 6.24. The zero-order valence-corrected chi connectivity index (χ0v) is 18.8. The molecule has 2 aromatic carbocycles. The first-order valence-corrected chi connectivity index (χ1v) is 11.9. The van der Waals surface area contributed by atoms with Crippen LogP contribution in [0, 0.1) is 0 Å². The van der Waals surface area contributed by atoms with Gasteiger partial charge in [0.2, 0.25) is 0 Å². The lowest BCUT2D eigenvalue weighted by Crippen LogP contribution is -2.04. The monoisotopic (exact) mass is 378 g/mol. The van der Waals surface area contributed by atoms with Gasteiger partial charge in [0.25, 0.3) is 0 Å². The van der Waals surface area contributed by atoms with E-state index in [4.69, 9.17) is 0 Å². The Balaban J connectivity index is 2.19. The van der Waals surface area contributed by atoms with Crippen molar-refractivity contribution in [2.45, 2.75) is 104 Å². The molecule has 0 bridgehead atoms. The fourth-order valence-electron chi connectivity index (χ4n) is 4.33. The van der Waals surface area contributed by atoms with Gasteiger partial charge in [-0.25, -0.2) is 0 Å². The van der Waals surface area contributed by atoms with Gasteiger partial charge in [0, 0.05) is 0 Å². The Morgan fingerprint density at radius 1 is 0.571 bits per heavy atom. The molecule has 0 fully saturated rings. The maximum absolute atomic E-state index is 2.50. The second-order valence-electron chi connectivity index (χ2n) is 8.71. The summed E-state index contributed by atoms with van der Waals surface area (Å²) in [6, 6.07) is 18.1. The predicted molar refractivity (Wildman–Crippen MR) is 126 cm³/mol. The van der Waals surface area contributed by atoms with Crippen LogP contribution in [-0.2, 0) is 0 Å². The summed E-state index contributed by atoms with van der Waals surface area (Å²) >= 11 is 0. The fraction of sp³-hybridized carbons (Fsp3) is 0.571. The first kappa shape index (κ1) is 22.7. The number of hydrogen-bond acceptors (Lipinski definition) is 0. The molecule has 0 aliphatic rings. The molecule has 0 spiro atoms. The topological polar surface area (TPSA) is 0 Å². The van der Waals surface area contributed by atoms with Gasteiger partial charge in [-0.05, 0) is 46.9 Å². The van der Waals surface area contributed by atoms with Crippen molar-refractivity contribution in [3.05, 3.63) is 59.7 Å². The second kappa shape index (κ2) is 12.8. The van der Waals surface area contributed by atoms with Crippen LogP contribution in [-0.4, -0.2) is 0 Å². The van der Waals surface area contributed by atoms with E-state index in [1.807, 2.05) is 0 Å². The van der Waals surface area contributed by atoms with Gasteiger partial charge in [-0.2, -0.15) is 0 Å². The summed E-state index contributed by atoms with van der Waals surface area (Å²) < 4.78 is 0. The van der Waals surface area contributed by atoms with E-state index in [-0.39, 0.29) is 0 Å². The van der Waals surface area contributed by atoms with Gasteiger partial charge in [-0.1, -0.05) is 128 Å². The van der Waals surface area contributed by atoms with Gasteiger partial charge in [-0.15, -0.1) is 0 Å². The Labute approximate surface area is 174 Å². The summed E-state index contributed by atoms with van der Waals surface area (Å²) in [4.78, 5) is 0. The molecule has 0 aliphatic heterocycles. The van der Waals surface area contributed by atoms with Crippen LogP contribution in [0.5, 0.6) is 0 Å². The van der Waals surface area contributed by atoms with Crippen LogP contribution in [0.4, 0.5) is 0 Å². The minimum absolute atomic E-state index is 0.647. The van der Waals surface area contributed by atoms with E-state index in [0.717, 1.165) is 0 Å². The highest BCUT2D eigenvalue weighted by atomic mass is 14.2. The van der Waals surface area contributed by atoms with Crippen molar-refractivity contribution in [3.63, 3.8) is 0 Å². The number of benzene rings is 2. The molecule has 0 heteroatoms. The molecule has 0 saturated carbocycles. The first-order valence-electron chi connectivity index (χ1n) is 11.9. The maximum Gasteiger partial charge on any atom is -0.0181 e. The molecule has 28 heavy (non-hydrogen) atoms. The molecule has 0 radical (unpaired) electrons. The van der Waals surface area contributed by atoms with Crippen molar-refractivity contribution in [3.8, 4) is 11.1 Å². The van der Waals surface area contributed by atoms with E-state index in [0.29, 0.717) is 11.8 Å². The lowest BCUT2D eigenvalue weighted by molar-refractivity contribution is 0.556. The number of rotatable bonds is 13. The van der Waals surface area contributed by atoms with Crippen LogP contribution < -0.4 is 0 Å². The van der Waals surface area contributed by atoms with Crippen LogP contribution in [0.1, 0.15) is 115 Å². The third-order valence-corrected chi connectivity index (χ3v) is 6.24. The highest BCUT2D eigenvalue weighted by Gasteiger charge is 2.16. The van der Waals surface area contributed by atoms with Crippen LogP contribution in [0.2, 0.25) is 0 Å². The fourth-order valence-corrected chi connectivity index (χ4v) is 4.33. The third kappa shape index (κ3) is 7.12. The normalized spacial score (nSPS) is 13.4.